The highest BCUT2D eigenvalue weighted by Gasteiger charge is 2.41. The van der Waals surface area contributed by atoms with Gasteiger partial charge in [-0.2, -0.15) is 0 Å². The smallest absolute Gasteiger partial charge is 0.209 e. The summed E-state index contributed by atoms with van der Waals surface area (Å²) in [5.41, 5.74) is 0.566. The molecule has 0 amide bonds. The van der Waals surface area contributed by atoms with Gasteiger partial charge in [-0.15, -0.1) is 11.6 Å². The van der Waals surface area contributed by atoms with Gasteiger partial charge in [0.15, 0.2) is 0 Å². The molecule has 0 N–H and O–H groups in total. The van der Waals surface area contributed by atoms with Crippen molar-refractivity contribution in [1.29, 1.82) is 0 Å². The van der Waals surface area contributed by atoms with E-state index < -0.39 is 8.07 Å². The fourth-order valence-electron chi connectivity index (χ4n) is 3.65. The lowest BCUT2D eigenvalue weighted by atomic mass is 10.3. The standard InChI is InChI=1S/C22H27ClN2O2Si/c1-3-26-21-15-24-22(27-4-2)20(25-21)16-28(17-23,18-11-7-5-8-12-18)19-13-9-6-10-14-19/h5-14,20H,3-4,15-17H2,1-2H3/t20-/m1/s1. The monoisotopic (exact) mass is 414 g/mol. The van der Waals surface area contributed by atoms with Crippen molar-refractivity contribution in [2.45, 2.75) is 25.9 Å². The number of rotatable bonds is 7. The quantitative estimate of drug-likeness (QED) is 0.515. The van der Waals surface area contributed by atoms with Gasteiger partial charge in [0, 0.05) is 5.50 Å². The van der Waals surface area contributed by atoms with Crippen LogP contribution in [0.25, 0.3) is 0 Å². The first-order valence-corrected chi connectivity index (χ1v) is 12.7. The summed E-state index contributed by atoms with van der Waals surface area (Å²) in [5, 5.41) is 2.59. The highest BCUT2D eigenvalue weighted by atomic mass is 35.5. The molecule has 0 fully saturated rings. The van der Waals surface area contributed by atoms with Gasteiger partial charge < -0.3 is 9.47 Å². The molecule has 0 aliphatic carbocycles. The highest BCUT2D eigenvalue weighted by Crippen LogP contribution is 2.21. The zero-order valence-corrected chi connectivity index (χ0v) is 18.2. The minimum absolute atomic E-state index is 0.180. The van der Waals surface area contributed by atoms with Crippen LogP contribution >= 0.6 is 11.6 Å². The van der Waals surface area contributed by atoms with Crippen LogP contribution in [0.3, 0.4) is 0 Å². The average molecular weight is 415 g/mol. The highest BCUT2D eigenvalue weighted by molar-refractivity contribution is 7.05. The van der Waals surface area contributed by atoms with Crippen molar-refractivity contribution in [2.75, 3.05) is 25.3 Å². The third kappa shape index (κ3) is 4.47. The van der Waals surface area contributed by atoms with Gasteiger partial charge in [0.25, 0.3) is 0 Å². The number of benzene rings is 2. The van der Waals surface area contributed by atoms with Crippen LogP contribution in [0, 0.1) is 0 Å². The molecule has 1 aliphatic rings. The first-order chi connectivity index (χ1) is 13.7. The van der Waals surface area contributed by atoms with Crippen molar-refractivity contribution >= 4 is 41.8 Å². The summed E-state index contributed by atoms with van der Waals surface area (Å²) in [4.78, 5) is 9.49. The molecular weight excluding hydrogens is 388 g/mol. The number of ether oxygens (including phenoxy) is 2. The van der Waals surface area contributed by atoms with E-state index in [1.165, 1.54) is 10.4 Å². The van der Waals surface area contributed by atoms with Gasteiger partial charge in [0.1, 0.15) is 20.7 Å². The molecule has 0 saturated carbocycles. The van der Waals surface area contributed by atoms with Crippen molar-refractivity contribution in [1.82, 2.24) is 0 Å². The average Bonchev–Trinajstić information content (AvgIpc) is 2.75. The second-order valence-corrected chi connectivity index (χ2v) is 11.5. The van der Waals surface area contributed by atoms with Crippen molar-refractivity contribution < 1.29 is 9.47 Å². The van der Waals surface area contributed by atoms with Crippen LogP contribution in [0.2, 0.25) is 6.04 Å². The molecule has 2 aromatic carbocycles. The third-order valence-corrected chi connectivity index (χ3v) is 10.8. The van der Waals surface area contributed by atoms with Gasteiger partial charge in [-0.05, 0) is 19.9 Å². The van der Waals surface area contributed by atoms with E-state index >= 15 is 0 Å². The Morgan fingerprint density at radius 2 is 1.50 bits per heavy atom. The maximum Gasteiger partial charge on any atom is 0.209 e. The summed E-state index contributed by atoms with van der Waals surface area (Å²) >= 11 is 6.74. The number of alkyl halides is 1. The Kier molecular flexibility index (Phi) is 7.28. The van der Waals surface area contributed by atoms with Gasteiger partial charge in [-0.3, -0.25) is 0 Å². The van der Waals surface area contributed by atoms with Crippen LogP contribution in [0.5, 0.6) is 0 Å². The van der Waals surface area contributed by atoms with Crippen molar-refractivity contribution in [3.05, 3.63) is 60.7 Å². The van der Waals surface area contributed by atoms with Gasteiger partial charge in [-0.25, -0.2) is 9.98 Å². The third-order valence-electron chi connectivity index (χ3n) is 4.98. The largest absolute Gasteiger partial charge is 0.480 e. The fourth-order valence-corrected chi connectivity index (χ4v) is 8.71. The first-order valence-electron chi connectivity index (χ1n) is 9.77. The lowest BCUT2D eigenvalue weighted by Gasteiger charge is -2.34. The molecule has 1 atom stereocenters. The van der Waals surface area contributed by atoms with E-state index in [1.807, 2.05) is 26.0 Å². The maximum absolute atomic E-state index is 6.74. The Bertz CT molecular complexity index is 772. The predicted molar refractivity (Wildman–Crippen MR) is 120 cm³/mol. The van der Waals surface area contributed by atoms with Crippen LogP contribution in [-0.4, -0.2) is 51.2 Å². The molecule has 2 aromatic rings. The predicted octanol–water partition coefficient (Wildman–Crippen LogP) is 3.28. The summed E-state index contributed by atoms with van der Waals surface area (Å²) in [6, 6.07) is 21.8. The Labute approximate surface area is 173 Å². The molecule has 3 rings (SSSR count). The molecule has 0 aromatic heterocycles. The van der Waals surface area contributed by atoms with E-state index in [9.17, 15) is 0 Å². The van der Waals surface area contributed by atoms with E-state index in [0.717, 1.165) is 6.04 Å². The molecule has 0 unspecified atom stereocenters. The molecule has 28 heavy (non-hydrogen) atoms. The van der Waals surface area contributed by atoms with E-state index in [2.05, 4.69) is 53.5 Å². The topological polar surface area (TPSA) is 43.2 Å². The summed E-state index contributed by atoms with van der Waals surface area (Å²) in [6.07, 6.45) is 0. The normalized spacial score (nSPS) is 16.9. The fraction of sp³-hybridized carbons (Fsp3) is 0.364. The lowest BCUT2D eigenvalue weighted by molar-refractivity contribution is 0.296. The molecule has 0 saturated heterocycles. The van der Waals surface area contributed by atoms with Crippen molar-refractivity contribution in [2.24, 2.45) is 9.98 Å². The zero-order chi connectivity index (χ0) is 19.8. The minimum Gasteiger partial charge on any atom is -0.480 e. The summed E-state index contributed by atoms with van der Waals surface area (Å²) in [7, 11) is -2.29. The Morgan fingerprint density at radius 1 is 0.929 bits per heavy atom. The van der Waals surface area contributed by atoms with Crippen LogP contribution < -0.4 is 10.4 Å². The number of hydrogen-bond donors (Lipinski definition) is 0. The van der Waals surface area contributed by atoms with Crippen LogP contribution in [0.15, 0.2) is 70.6 Å². The second kappa shape index (κ2) is 9.89. The van der Waals surface area contributed by atoms with Crippen LogP contribution in [0.1, 0.15) is 13.8 Å². The SMILES string of the molecule is CCOC1=N[C@H](C[Si](CCl)(c2ccccc2)c2ccccc2)C(OCC)=NC1. The molecule has 0 radical (unpaired) electrons. The summed E-state index contributed by atoms with van der Waals surface area (Å²) < 4.78 is 11.5. The van der Waals surface area contributed by atoms with Crippen LogP contribution in [0.4, 0.5) is 0 Å². The Balaban J connectivity index is 2.05. The summed E-state index contributed by atoms with van der Waals surface area (Å²) in [6.45, 7) is 5.53. The number of hydrogen-bond acceptors (Lipinski definition) is 4. The lowest BCUT2D eigenvalue weighted by Crippen LogP contribution is -2.62. The van der Waals surface area contributed by atoms with Gasteiger partial charge in [-0.1, -0.05) is 71.0 Å². The number of aliphatic imine (C=N–C) groups is 2. The Hall–Kier alpha value is -2.11. The molecule has 148 valence electrons. The maximum atomic E-state index is 6.74. The molecular formula is C22H27ClN2O2Si. The van der Waals surface area contributed by atoms with Gasteiger partial charge in [0.05, 0.1) is 13.2 Å². The van der Waals surface area contributed by atoms with Gasteiger partial charge in [0.2, 0.25) is 11.8 Å². The molecule has 0 bridgehead atoms. The van der Waals surface area contributed by atoms with Gasteiger partial charge >= 0.3 is 0 Å². The minimum atomic E-state index is -2.29. The van der Waals surface area contributed by atoms with Crippen LogP contribution in [-0.2, 0) is 9.47 Å². The Morgan fingerprint density at radius 3 is 2.00 bits per heavy atom. The van der Waals surface area contributed by atoms with E-state index in [0.29, 0.717) is 37.1 Å². The van der Waals surface area contributed by atoms with E-state index in [-0.39, 0.29) is 6.04 Å². The molecule has 4 nitrogen and oxygen atoms in total. The molecule has 1 aliphatic heterocycles. The van der Waals surface area contributed by atoms with Crippen molar-refractivity contribution in [3.8, 4) is 0 Å². The summed E-state index contributed by atoms with van der Waals surface area (Å²) in [5.74, 6) is 1.37. The molecule has 0 spiro atoms. The zero-order valence-electron chi connectivity index (χ0n) is 16.5. The van der Waals surface area contributed by atoms with E-state index in [1.54, 1.807) is 0 Å². The molecule has 1 heterocycles. The molecule has 6 heteroatoms. The number of nitrogens with zero attached hydrogens (tertiary/aromatic N) is 2. The first kappa shape index (κ1) is 20.6. The second-order valence-electron chi connectivity index (χ2n) is 6.71. The van der Waals surface area contributed by atoms with Crippen molar-refractivity contribution in [3.63, 3.8) is 0 Å². The number of halogens is 1. The van der Waals surface area contributed by atoms with E-state index in [4.69, 9.17) is 26.1 Å².